The molecule has 1 N–H and O–H groups in total. The second-order valence-corrected chi connectivity index (χ2v) is 11.4. The van der Waals surface area contributed by atoms with Crippen LogP contribution in [-0.2, 0) is 36.9 Å². The molecule has 10 heteroatoms. The molecule has 3 fully saturated rings. The van der Waals surface area contributed by atoms with Crippen LogP contribution in [-0.4, -0.2) is 69.9 Å². The Morgan fingerprint density at radius 1 is 1.05 bits per heavy atom. The normalized spacial score (nSPS) is 25.4. The number of amides is 3. The van der Waals surface area contributed by atoms with Gasteiger partial charge in [0, 0.05) is 13.0 Å². The van der Waals surface area contributed by atoms with Crippen molar-refractivity contribution < 1.29 is 28.7 Å². The summed E-state index contributed by atoms with van der Waals surface area (Å²) in [6.07, 6.45) is 2.07. The first-order valence-electron chi connectivity index (χ1n) is 13.1. The van der Waals surface area contributed by atoms with Gasteiger partial charge in [-0.25, -0.2) is 4.79 Å². The molecule has 9 nitrogen and oxygen atoms in total. The lowest BCUT2D eigenvalue weighted by molar-refractivity contribution is -0.153. The number of carbonyl (C=O) groups excluding carboxylic acids is 4. The van der Waals surface area contributed by atoms with E-state index in [1.165, 1.54) is 4.90 Å². The molecule has 4 atom stereocenters. The monoisotopic (exact) mass is 547 g/mol. The second kappa shape index (κ2) is 10.4. The molecule has 0 spiro atoms. The largest absolute Gasteiger partial charge is 0.497 e. The van der Waals surface area contributed by atoms with E-state index in [1.54, 1.807) is 31.0 Å². The molecule has 202 valence electrons. The number of thioether (sulfide) groups is 1. The Morgan fingerprint density at radius 3 is 2.51 bits per heavy atom. The van der Waals surface area contributed by atoms with E-state index in [-0.39, 0.29) is 47.7 Å². The lowest BCUT2D eigenvalue weighted by atomic mass is 9.81. The lowest BCUT2D eigenvalue weighted by Crippen LogP contribution is -2.73. The Morgan fingerprint density at radius 2 is 1.82 bits per heavy atom. The van der Waals surface area contributed by atoms with Crippen molar-refractivity contribution in [1.29, 1.82) is 0 Å². The lowest BCUT2D eigenvalue weighted by Gasteiger charge is -2.57. The van der Waals surface area contributed by atoms with Crippen molar-refractivity contribution in [3.05, 3.63) is 77.0 Å². The smallest absolute Gasteiger partial charge is 0.355 e. The molecule has 6 rings (SSSR count). The zero-order valence-electron chi connectivity index (χ0n) is 21.5. The maximum atomic E-state index is 13.4. The summed E-state index contributed by atoms with van der Waals surface area (Å²) in [5.74, 6) is -0.309. The summed E-state index contributed by atoms with van der Waals surface area (Å²) in [6, 6.07) is 15.8. The summed E-state index contributed by atoms with van der Waals surface area (Å²) in [5, 5.41) is 2.33. The van der Waals surface area contributed by atoms with Crippen LogP contribution in [0.3, 0.4) is 0 Å². The van der Waals surface area contributed by atoms with E-state index in [9.17, 15) is 19.2 Å². The minimum absolute atomic E-state index is 0.0251. The fourth-order valence-electron chi connectivity index (χ4n) is 5.67. The summed E-state index contributed by atoms with van der Waals surface area (Å²) in [7, 11) is 1.58. The van der Waals surface area contributed by atoms with E-state index in [0.29, 0.717) is 25.1 Å². The van der Waals surface area contributed by atoms with Gasteiger partial charge in [0.15, 0.2) is 0 Å². The van der Waals surface area contributed by atoms with Crippen LogP contribution in [0.5, 0.6) is 5.75 Å². The number of nitrogens with zero attached hydrogens (tertiary/aromatic N) is 2. The van der Waals surface area contributed by atoms with Crippen LogP contribution in [0.25, 0.3) is 0 Å². The number of methoxy groups -OCH3 is 1. The van der Waals surface area contributed by atoms with Crippen molar-refractivity contribution in [2.75, 3.05) is 13.7 Å². The summed E-state index contributed by atoms with van der Waals surface area (Å²) < 4.78 is 10.8. The third-order valence-corrected chi connectivity index (χ3v) is 9.41. The molecule has 2 saturated heterocycles. The number of hydrogen-bond donors (Lipinski definition) is 1. The van der Waals surface area contributed by atoms with Crippen molar-refractivity contribution in [3.63, 3.8) is 0 Å². The zero-order chi connectivity index (χ0) is 27.1. The van der Waals surface area contributed by atoms with Gasteiger partial charge in [-0.2, -0.15) is 0 Å². The van der Waals surface area contributed by atoms with E-state index in [4.69, 9.17) is 9.47 Å². The fourth-order valence-corrected chi connectivity index (χ4v) is 7.44. The van der Waals surface area contributed by atoms with Gasteiger partial charge in [-0.05, 0) is 41.7 Å². The number of likely N-dealkylation sites (tertiary alicyclic amines) is 1. The van der Waals surface area contributed by atoms with E-state index in [2.05, 4.69) is 5.32 Å². The number of carbonyl (C=O) groups is 4. The maximum Gasteiger partial charge on any atom is 0.355 e. The van der Waals surface area contributed by atoms with E-state index in [1.807, 2.05) is 47.4 Å². The molecule has 3 amide bonds. The molecule has 0 aromatic heterocycles. The molecule has 4 aliphatic rings. The van der Waals surface area contributed by atoms with Crippen molar-refractivity contribution in [2.24, 2.45) is 0 Å². The minimum Gasteiger partial charge on any atom is -0.497 e. The highest BCUT2D eigenvalue weighted by Gasteiger charge is 2.61. The van der Waals surface area contributed by atoms with Gasteiger partial charge in [0.2, 0.25) is 11.8 Å². The summed E-state index contributed by atoms with van der Waals surface area (Å²) >= 11 is 1.54. The third-order valence-electron chi connectivity index (χ3n) is 7.75. The number of rotatable bonds is 8. The van der Waals surface area contributed by atoms with Crippen LogP contribution < -0.4 is 10.1 Å². The first-order valence-corrected chi connectivity index (χ1v) is 14.0. The van der Waals surface area contributed by atoms with Gasteiger partial charge in [0.25, 0.3) is 5.91 Å². The molecule has 0 unspecified atom stereocenters. The molecule has 0 radical (unpaired) electrons. The number of β-lactam (4-membered cyclic amide) rings is 1. The highest BCUT2D eigenvalue weighted by molar-refractivity contribution is 8.01. The van der Waals surface area contributed by atoms with Gasteiger partial charge in [0.1, 0.15) is 29.5 Å². The third kappa shape index (κ3) is 4.67. The topological polar surface area (TPSA) is 105 Å². The number of benzene rings is 2. The molecule has 39 heavy (non-hydrogen) atoms. The maximum absolute atomic E-state index is 13.4. The number of ether oxygens (including phenoxy) is 2. The van der Waals surface area contributed by atoms with Gasteiger partial charge < -0.3 is 19.7 Å². The van der Waals surface area contributed by atoms with Crippen molar-refractivity contribution >= 4 is 35.5 Å². The predicted molar refractivity (Wildman–Crippen MR) is 143 cm³/mol. The Bertz CT molecular complexity index is 1340. The average Bonchev–Trinajstić information content (AvgIpc) is 3.36. The summed E-state index contributed by atoms with van der Waals surface area (Å²) in [6.45, 7) is 0.755. The summed E-state index contributed by atoms with van der Waals surface area (Å²) in [4.78, 5) is 55.3. The number of hydrogen-bond acceptors (Lipinski definition) is 7. The molecule has 1 aliphatic carbocycles. The second-order valence-electron chi connectivity index (χ2n) is 10.1. The number of fused-ring (bicyclic) bond motifs is 2. The molecule has 3 aliphatic heterocycles. The van der Waals surface area contributed by atoms with Crippen LogP contribution >= 0.6 is 11.8 Å². The van der Waals surface area contributed by atoms with Crippen molar-refractivity contribution in [3.8, 4) is 5.75 Å². The standard InChI is InChI=1S/C29H29N3O6S/c1-37-19-11-9-18(10-12-19)16-38-29(36)25-20-15-21(31-13-5-8-23(31)34)26(20)39-28-24(27(35)32(25)28)30-22(33)14-17-6-3-2-4-7-17/h2-4,6-7,9-12,21,24,26,28H,5,8,13-16H2,1H3,(H,30,33)/t21-,24+,26+,28+/m0/s1. The molecule has 2 aromatic rings. The highest BCUT2D eigenvalue weighted by Crippen LogP contribution is 2.53. The van der Waals surface area contributed by atoms with E-state index < -0.39 is 17.4 Å². The number of nitrogens with one attached hydrogen (secondary N) is 1. The minimum atomic E-state index is -0.743. The average molecular weight is 548 g/mol. The Balaban J connectivity index is 1.20. The van der Waals surface area contributed by atoms with Crippen LogP contribution in [0.2, 0.25) is 0 Å². The van der Waals surface area contributed by atoms with Crippen LogP contribution in [0.15, 0.2) is 65.9 Å². The number of esters is 1. The highest BCUT2D eigenvalue weighted by atomic mass is 32.2. The molecule has 1 saturated carbocycles. The van der Waals surface area contributed by atoms with Gasteiger partial charge in [0.05, 0.1) is 24.8 Å². The van der Waals surface area contributed by atoms with Crippen molar-refractivity contribution in [1.82, 2.24) is 15.1 Å². The Kier molecular flexibility index (Phi) is 6.80. The van der Waals surface area contributed by atoms with Crippen molar-refractivity contribution in [2.45, 2.75) is 55.0 Å². The Hall–Kier alpha value is -3.79. The fraction of sp³-hybridized carbons (Fsp3) is 0.379. The molecular weight excluding hydrogens is 518 g/mol. The quantitative estimate of drug-likeness (QED) is 0.400. The summed E-state index contributed by atoms with van der Waals surface area (Å²) in [5.41, 5.74) is 2.75. The first kappa shape index (κ1) is 25.5. The van der Waals surface area contributed by atoms with Gasteiger partial charge in [-0.3, -0.25) is 19.3 Å². The molecule has 3 heterocycles. The van der Waals surface area contributed by atoms with E-state index >= 15 is 0 Å². The molecule has 0 bridgehead atoms. The van der Waals surface area contributed by atoms with Gasteiger partial charge >= 0.3 is 5.97 Å². The van der Waals surface area contributed by atoms with Crippen LogP contribution in [0.1, 0.15) is 30.4 Å². The first-order chi connectivity index (χ1) is 18.9. The van der Waals surface area contributed by atoms with Gasteiger partial charge in [-0.15, -0.1) is 11.8 Å². The van der Waals surface area contributed by atoms with Crippen LogP contribution in [0, 0.1) is 0 Å². The van der Waals surface area contributed by atoms with Crippen LogP contribution in [0.4, 0.5) is 0 Å². The Labute approximate surface area is 230 Å². The zero-order valence-corrected chi connectivity index (χ0v) is 22.3. The van der Waals surface area contributed by atoms with E-state index in [0.717, 1.165) is 23.1 Å². The SMILES string of the molecule is COc1ccc(COC(=O)C2=C3C[C@H](N4CCCC4=O)[C@@H]3S[C@@H]3[C@H](NC(=O)Cc4ccccc4)C(=O)N23)cc1. The molecule has 2 aromatic carbocycles. The predicted octanol–water partition coefficient (Wildman–Crippen LogP) is 2.40. The molecular formula is C29H29N3O6S. The van der Waals surface area contributed by atoms with Gasteiger partial charge in [-0.1, -0.05) is 42.5 Å².